The summed E-state index contributed by atoms with van der Waals surface area (Å²) < 4.78 is 18.5. The molecule has 0 spiro atoms. The Hall–Kier alpha value is -4.06. The molecular formula is C27H26N2O4. The number of hydrogen-bond donors (Lipinski definition) is 0. The average molecular weight is 443 g/mol. The van der Waals surface area contributed by atoms with E-state index in [0.29, 0.717) is 47.2 Å². The summed E-state index contributed by atoms with van der Waals surface area (Å²) in [6.45, 7) is 4.96. The molecule has 0 fully saturated rings. The molecule has 0 unspecified atom stereocenters. The summed E-state index contributed by atoms with van der Waals surface area (Å²) in [5, 5.41) is 0.495. The molecule has 6 nitrogen and oxygen atoms in total. The standard InChI is InChI=1S/C27H26N2O4/c1-4-32-22-16-14-19(18-24(22)33-5-2)15-17-25-28-26-21(12-9-13-23(26)31-3)27(30)29(25)20-10-7-6-8-11-20/h6-18H,4-5H2,1-3H3/b17-15+. The van der Waals surface area contributed by atoms with Crippen molar-refractivity contribution in [2.45, 2.75) is 13.8 Å². The average Bonchev–Trinajstić information content (AvgIpc) is 2.84. The molecule has 4 aromatic rings. The van der Waals surface area contributed by atoms with Crippen LogP contribution < -0.4 is 19.8 Å². The van der Waals surface area contributed by atoms with Crippen LogP contribution in [0.5, 0.6) is 17.2 Å². The number of methoxy groups -OCH3 is 1. The van der Waals surface area contributed by atoms with Crippen molar-refractivity contribution in [2.75, 3.05) is 20.3 Å². The van der Waals surface area contributed by atoms with Gasteiger partial charge in [-0.25, -0.2) is 4.98 Å². The van der Waals surface area contributed by atoms with Crippen LogP contribution in [0.1, 0.15) is 25.2 Å². The molecule has 1 aromatic heterocycles. The van der Waals surface area contributed by atoms with Crippen LogP contribution in [-0.2, 0) is 0 Å². The quantitative estimate of drug-likeness (QED) is 0.368. The number of rotatable bonds is 8. The van der Waals surface area contributed by atoms with Crippen LogP contribution in [0.15, 0.2) is 71.5 Å². The van der Waals surface area contributed by atoms with Crippen LogP contribution in [0.2, 0.25) is 0 Å². The molecule has 0 aliphatic heterocycles. The highest BCUT2D eigenvalue weighted by Gasteiger charge is 2.14. The third kappa shape index (κ3) is 4.60. The molecule has 0 amide bonds. The highest BCUT2D eigenvalue weighted by molar-refractivity contribution is 5.85. The predicted octanol–water partition coefficient (Wildman–Crippen LogP) is 5.36. The lowest BCUT2D eigenvalue weighted by atomic mass is 10.1. The molecule has 1 heterocycles. The van der Waals surface area contributed by atoms with Crippen molar-refractivity contribution in [1.29, 1.82) is 0 Å². The Balaban J connectivity index is 1.87. The summed E-state index contributed by atoms with van der Waals surface area (Å²) in [5.41, 5.74) is 2.00. The van der Waals surface area contributed by atoms with Gasteiger partial charge in [0.05, 0.1) is 31.4 Å². The molecule has 4 rings (SSSR count). The Morgan fingerprint density at radius 2 is 1.61 bits per heavy atom. The minimum atomic E-state index is -0.161. The fourth-order valence-electron chi connectivity index (χ4n) is 3.64. The van der Waals surface area contributed by atoms with Crippen molar-refractivity contribution in [1.82, 2.24) is 9.55 Å². The highest BCUT2D eigenvalue weighted by atomic mass is 16.5. The molecule has 0 saturated heterocycles. The summed E-state index contributed by atoms with van der Waals surface area (Å²) in [4.78, 5) is 18.3. The Bertz CT molecular complexity index is 1340. The van der Waals surface area contributed by atoms with Crippen molar-refractivity contribution in [3.8, 4) is 22.9 Å². The Labute approximate surface area is 192 Å². The van der Waals surface area contributed by atoms with Gasteiger partial charge in [0.1, 0.15) is 17.1 Å². The van der Waals surface area contributed by atoms with Crippen LogP contribution >= 0.6 is 0 Å². The number of para-hydroxylation sites is 2. The van der Waals surface area contributed by atoms with Gasteiger partial charge in [0.25, 0.3) is 5.56 Å². The molecule has 0 atom stereocenters. The Kier molecular flexibility index (Phi) is 6.74. The molecule has 0 aliphatic carbocycles. The zero-order valence-corrected chi connectivity index (χ0v) is 18.9. The first-order chi connectivity index (χ1) is 16.2. The lowest BCUT2D eigenvalue weighted by Gasteiger charge is -2.13. The number of nitrogens with zero attached hydrogens (tertiary/aromatic N) is 2. The minimum Gasteiger partial charge on any atom is -0.494 e. The van der Waals surface area contributed by atoms with Gasteiger partial charge in [0, 0.05) is 0 Å². The molecule has 3 aromatic carbocycles. The number of fused-ring (bicyclic) bond motifs is 1. The molecule has 33 heavy (non-hydrogen) atoms. The van der Waals surface area contributed by atoms with Crippen molar-refractivity contribution in [3.05, 3.63) is 88.5 Å². The van der Waals surface area contributed by atoms with E-state index in [2.05, 4.69) is 0 Å². The maximum Gasteiger partial charge on any atom is 0.266 e. The van der Waals surface area contributed by atoms with E-state index < -0.39 is 0 Å². The Morgan fingerprint density at radius 1 is 0.848 bits per heavy atom. The largest absolute Gasteiger partial charge is 0.494 e. The van der Waals surface area contributed by atoms with Gasteiger partial charge in [0.2, 0.25) is 0 Å². The lowest BCUT2D eigenvalue weighted by Crippen LogP contribution is -2.22. The van der Waals surface area contributed by atoms with Crippen LogP contribution in [0.4, 0.5) is 0 Å². The first kappa shape index (κ1) is 22.1. The summed E-state index contributed by atoms with van der Waals surface area (Å²) in [6.07, 6.45) is 3.73. The predicted molar refractivity (Wildman–Crippen MR) is 132 cm³/mol. The monoisotopic (exact) mass is 442 g/mol. The molecule has 0 N–H and O–H groups in total. The summed E-state index contributed by atoms with van der Waals surface area (Å²) in [7, 11) is 1.57. The van der Waals surface area contributed by atoms with E-state index in [1.165, 1.54) is 0 Å². The van der Waals surface area contributed by atoms with Gasteiger partial charge in [-0.15, -0.1) is 0 Å². The molecule has 0 bridgehead atoms. The number of aromatic nitrogens is 2. The summed E-state index contributed by atoms with van der Waals surface area (Å²) >= 11 is 0. The maximum absolute atomic E-state index is 13.5. The first-order valence-corrected chi connectivity index (χ1v) is 10.9. The van der Waals surface area contributed by atoms with Crippen molar-refractivity contribution in [3.63, 3.8) is 0 Å². The van der Waals surface area contributed by atoms with Crippen LogP contribution in [0.3, 0.4) is 0 Å². The number of hydrogen-bond acceptors (Lipinski definition) is 5. The van der Waals surface area contributed by atoms with Crippen LogP contribution in [0.25, 0.3) is 28.7 Å². The topological polar surface area (TPSA) is 62.6 Å². The van der Waals surface area contributed by atoms with E-state index in [0.717, 1.165) is 11.3 Å². The van der Waals surface area contributed by atoms with Crippen molar-refractivity contribution >= 4 is 23.1 Å². The SMILES string of the molecule is CCOc1ccc(/C=C/c2nc3c(OC)cccc3c(=O)n2-c2ccccc2)cc1OCC. The smallest absolute Gasteiger partial charge is 0.266 e. The van der Waals surface area contributed by atoms with Gasteiger partial charge >= 0.3 is 0 Å². The van der Waals surface area contributed by atoms with Crippen molar-refractivity contribution in [2.24, 2.45) is 0 Å². The van der Waals surface area contributed by atoms with E-state index in [4.69, 9.17) is 19.2 Å². The molecule has 0 saturated carbocycles. The van der Waals surface area contributed by atoms with Crippen LogP contribution in [-0.4, -0.2) is 29.9 Å². The van der Waals surface area contributed by atoms with Gasteiger partial charge in [-0.2, -0.15) is 0 Å². The third-order valence-electron chi connectivity index (χ3n) is 5.11. The van der Waals surface area contributed by atoms with E-state index >= 15 is 0 Å². The van der Waals surface area contributed by atoms with E-state index in [9.17, 15) is 4.79 Å². The number of ether oxygens (including phenoxy) is 3. The molecule has 168 valence electrons. The molecule has 0 radical (unpaired) electrons. The van der Waals surface area contributed by atoms with Gasteiger partial charge in [-0.1, -0.05) is 36.4 Å². The second-order valence-corrected chi connectivity index (χ2v) is 7.21. The fraction of sp³-hybridized carbons (Fsp3) is 0.185. The van der Waals surface area contributed by atoms with E-state index in [1.54, 1.807) is 29.9 Å². The number of benzene rings is 3. The van der Waals surface area contributed by atoms with Gasteiger partial charge < -0.3 is 14.2 Å². The normalized spacial score (nSPS) is 11.1. The zero-order chi connectivity index (χ0) is 23.2. The third-order valence-corrected chi connectivity index (χ3v) is 5.11. The van der Waals surface area contributed by atoms with E-state index in [1.807, 2.05) is 74.5 Å². The second-order valence-electron chi connectivity index (χ2n) is 7.21. The van der Waals surface area contributed by atoms with Crippen LogP contribution in [0, 0.1) is 0 Å². The second kappa shape index (κ2) is 10.0. The molecule has 0 aliphatic rings. The first-order valence-electron chi connectivity index (χ1n) is 10.9. The van der Waals surface area contributed by atoms with Gasteiger partial charge in [-0.3, -0.25) is 9.36 Å². The van der Waals surface area contributed by atoms with E-state index in [-0.39, 0.29) is 5.56 Å². The Morgan fingerprint density at radius 3 is 2.33 bits per heavy atom. The summed E-state index contributed by atoms with van der Waals surface area (Å²) in [6, 6.07) is 20.6. The molecule has 6 heteroatoms. The summed E-state index contributed by atoms with van der Waals surface area (Å²) in [5.74, 6) is 2.43. The maximum atomic E-state index is 13.5. The van der Waals surface area contributed by atoms with Crippen molar-refractivity contribution < 1.29 is 14.2 Å². The fourth-order valence-corrected chi connectivity index (χ4v) is 3.64. The van der Waals surface area contributed by atoms with Gasteiger partial charge in [-0.05, 0) is 61.9 Å². The minimum absolute atomic E-state index is 0.161. The zero-order valence-electron chi connectivity index (χ0n) is 18.9. The molecular weight excluding hydrogens is 416 g/mol. The lowest BCUT2D eigenvalue weighted by molar-refractivity contribution is 0.287. The highest BCUT2D eigenvalue weighted by Crippen LogP contribution is 2.29. The van der Waals surface area contributed by atoms with Gasteiger partial charge in [0.15, 0.2) is 11.5 Å².